The Bertz CT molecular complexity index is 412. The number of aryl methyl sites for hydroxylation is 1. The SMILES string of the molecule is CCn1cnc(S(=O)(=O)N(C)CCN)c1. The summed E-state index contributed by atoms with van der Waals surface area (Å²) >= 11 is 0. The van der Waals surface area contributed by atoms with Crippen molar-refractivity contribution in [3.8, 4) is 0 Å². The number of rotatable bonds is 5. The second-order valence-corrected chi connectivity index (χ2v) is 5.15. The first-order chi connectivity index (χ1) is 7.02. The van der Waals surface area contributed by atoms with Crippen molar-refractivity contribution in [2.24, 2.45) is 5.73 Å². The minimum atomic E-state index is -3.47. The molecular weight excluding hydrogens is 216 g/mol. The van der Waals surface area contributed by atoms with Gasteiger partial charge in [-0.1, -0.05) is 0 Å². The summed E-state index contributed by atoms with van der Waals surface area (Å²) in [5.41, 5.74) is 5.30. The lowest BCUT2D eigenvalue weighted by Gasteiger charge is -2.13. The van der Waals surface area contributed by atoms with E-state index in [0.29, 0.717) is 19.6 Å². The average Bonchev–Trinajstić information content (AvgIpc) is 2.66. The van der Waals surface area contributed by atoms with E-state index >= 15 is 0 Å². The summed E-state index contributed by atoms with van der Waals surface area (Å²) in [6.07, 6.45) is 3.02. The summed E-state index contributed by atoms with van der Waals surface area (Å²) in [6, 6.07) is 0. The second-order valence-electron chi connectivity index (χ2n) is 3.16. The minimum absolute atomic E-state index is 0.0697. The fraction of sp³-hybridized carbons (Fsp3) is 0.625. The third kappa shape index (κ3) is 2.55. The van der Waals surface area contributed by atoms with E-state index in [2.05, 4.69) is 4.98 Å². The molecule has 86 valence electrons. The molecule has 0 saturated heterocycles. The molecule has 0 spiro atoms. The van der Waals surface area contributed by atoms with E-state index in [1.807, 2.05) is 6.92 Å². The molecular formula is C8H16N4O2S. The van der Waals surface area contributed by atoms with Gasteiger partial charge >= 0.3 is 0 Å². The first kappa shape index (κ1) is 12.2. The molecule has 0 fully saturated rings. The first-order valence-electron chi connectivity index (χ1n) is 4.70. The number of likely N-dealkylation sites (N-methyl/N-ethyl adjacent to an activating group) is 1. The molecule has 2 N–H and O–H groups in total. The number of aromatic nitrogens is 2. The number of hydrogen-bond acceptors (Lipinski definition) is 4. The van der Waals surface area contributed by atoms with E-state index in [1.54, 1.807) is 4.57 Å². The number of imidazole rings is 1. The average molecular weight is 232 g/mol. The number of nitrogens with zero attached hydrogens (tertiary/aromatic N) is 3. The van der Waals surface area contributed by atoms with E-state index in [0.717, 1.165) is 0 Å². The van der Waals surface area contributed by atoms with Crippen LogP contribution in [0.5, 0.6) is 0 Å². The lowest BCUT2D eigenvalue weighted by molar-refractivity contribution is 0.474. The highest BCUT2D eigenvalue weighted by Crippen LogP contribution is 2.10. The fourth-order valence-electron chi connectivity index (χ4n) is 1.11. The smallest absolute Gasteiger partial charge is 0.261 e. The summed E-state index contributed by atoms with van der Waals surface area (Å²) in [4.78, 5) is 3.85. The van der Waals surface area contributed by atoms with Gasteiger partial charge in [0.2, 0.25) is 0 Å². The molecule has 1 heterocycles. The standard InChI is InChI=1S/C8H16N4O2S/c1-3-12-6-8(10-7-12)15(13,14)11(2)5-4-9/h6-7H,3-5,9H2,1-2H3. The fourth-order valence-corrected chi connectivity index (χ4v) is 2.22. The van der Waals surface area contributed by atoms with Crippen LogP contribution in [0.3, 0.4) is 0 Å². The van der Waals surface area contributed by atoms with Gasteiger partial charge in [-0.2, -0.15) is 4.31 Å². The van der Waals surface area contributed by atoms with Gasteiger partial charge in [-0.05, 0) is 6.92 Å². The van der Waals surface area contributed by atoms with Crippen molar-refractivity contribution >= 4 is 10.0 Å². The van der Waals surface area contributed by atoms with Gasteiger partial charge in [-0.3, -0.25) is 0 Å². The molecule has 0 aliphatic carbocycles. The van der Waals surface area contributed by atoms with Crippen LogP contribution in [-0.2, 0) is 16.6 Å². The summed E-state index contributed by atoms with van der Waals surface area (Å²) < 4.78 is 26.6. The topological polar surface area (TPSA) is 81.2 Å². The van der Waals surface area contributed by atoms with Crippen LogP contribution in [0.1, 0.15) is 6.92 Å². The van der Waals surface area contributed by atoms with Crippen LogP contribution < -0.4 is 5.73 Å². The Morgan fingerprint density at radius 1 is 1.60 bits per heavy atom. The van der Waals surface area contributed by atoms with Gasteiger partial charge < -0.3 is 10.3 Å². The first-order valence-corrected chi connectivity index (χ1v) is 6.14. The molecule has 0 aliphatic rings. The molecule has 0 radical (unpaired) electrons. The van der Waals surface area contributed by atoms with Gasteiger partial charge in [0.1, 0.15) is 0 Å². The zero-order chi connectivity index (χ0) is 11.5. The quantitative estimate of drug-likeness (QED) is 0.741. The predicted octanol–water partition coefficient (Wildman–Crippen LogP) is -0.518. The van der Waals surface area contributed by atoms with Crippen molar-refractivity contribution in [2.75, 3.05) is 20.1 Å². The largest absolute Gasteiger partial charge is 0.336 e. The van der Waals surface area contributed by atoms with Gasteiger partial charge in [0, 0.05) is 32.9 Å². The Labute approximate surface area is 89.8 Å². The summed E-state index contributed by atoms with van der Waals surface area (Å²) in [7, 11) is -1.98. The van der Waals surface area contributed by atoms with Crippen LogP contribution >= 0.6 is 0 Å². The molecule has 0 aromatic carbocycles. The van der Waals surface area contributed by atoms with Crippen molar-refractivity contribution in [3.63, 3.8) is 0 Å². The molecule has 15 heavy (non-hydrogen) atoms. The molecule has 0 saturated carbocycles. The van der Waals surface area contributed by atoms with Crippen molar-refractivity contribution in [1.82, 2.24) is 13.9 Å². The minimum Gasteiger partial charge on any atom is -0.336 e. The lowest BCUT2D eigenvalue weighted by atomic mass is 10.7. The van der Waals surface area contributed by atoms with Crippen LogP contribution in [0.25, 0.3) is 0 Å². The molecule has 0 amide bonds. The number of sulfonamides is 1. The van der Waals surface area contributed by atoms with Crippen LogP contribution in [0.15, 0.2) is 17.6 Å². The Morgan fingerprint density at radius 3 is 2.73 bits per heavy atom. The Hall–Kier alpha value is -0.920. The molecule has 1 rings (SSSR count). The monoisotopic (exact) mass is 232 g/mol. The zero-order valence-electron chi connectivity index (χ0n) is 8.92. The molecule has 0 unspecified atom stereocenters. The van der Waals surface area contributed by atoms with Crippen molar-refractivity contribution in [3.05, 3.63) is 12.5 Å². The van der Waals surface area contributed by atoms with E-state index < -0.39 is 10.0 Å². The van der Waals surface area contributed by atoms with Crippen LogP contribution in [-0.4, -0.2) is 42.4 Å². The van der Waals surface area contributed by atoms with E-state index in [1.165, 1.54) is 23.9 Å². The Morgan fingerprint density at radius 2 is 2.27 bits per heavy atom. The molecule has 7 heteroatoms. The predicted molar refractivity (Wildman–Crippen MR) is 56.8 cm³/mol. The Balaban J connectivity index is 2.95. The van der Waals surface area contributed by atoms with Gasteiger partial charge in [-0.25, -0.2) is 13.4 Å². The van der Waals surface area contributed by atoms with Gasteiger partial charge in [0.25, 0.3) is 10.0 Å². The maximum Gasteiger partial charge on any atom is 0.261 e. The number of nitrogens with two attached hydrogens (primary N) is 1. The van der Waals surface area contributed by atoms with Crippen LogP contribution in [0.4, 0.5) is 0 Å². The van der Waals surface area contributed by atoms with Crippen LogP contribution in [0.2, 0.25) is 0 Å². The highest BCUT2D eigenvalue weighted by atomic mass is 32.2. The lowest BCUT2D eigenvalue weighted by Crippen LogP contribution is -2.31. The van der Waals surface area contributed by atoms with E-state index in [9.17, 15) is 8.42 Å². The van der Waals surface area contributed by atoms with Crippen molar-refractivity contribution in [2.45, 2.75) is 18.5 Å². The van der Waals surface area contributed by atoms with Crippen molar-refractivity contribution < 1.29 is 8.42 Å². The van der Waals surface area contributed by atoms with Gasteiger partial charge in [-0.15, -0.1) is 0 Å². The summed E-state index contributed by atoms with van der Waals surface area (Å²) in [5.74, 6) is 0. The second kappa shape index (κ2) is 4.73. The number of hydrogen-bond donors (Lipinski definition) is 1. The summed E-state index contributed by atoms with van der Waals surface area (Å²) in [5, 5.41) is 0.0697. The third-order valence-corrected chi connectivity index (χ3v) is 3.84. The molecule has 1 aromatic heterocycles. The molecule has 0 bridgehead atoms. The molecule has 1 aromatic rings. The van der Waals surface area contributed by atoms with Gasteiger partial charge in [0.15, 0.2) is 5.03 Å². The third-order valence-electron chi connectivity index (χ3n) is 2.09. The highest BCUT2D eigenvalue weighted by molar-refractivity contribution is 7.89. The van der Waals surface area contributed by atoms with E-state index in [-0.39, 0.29) is 5.03 Å². The molecule has 0 aliphatic heterocycles. The molecule has 6 nitrogen and oxygen atoms in total. The van der Waals surface area contributed by atoms with Crippen LogP contribution in [0, 0.1) is 0 Å². The Kier molecular flexibility index (Phi) is 3.83. The normalized spacial score (nSPS) is 12.3. The molecule has 0 atom stereocenters. The van der Waals surface area contributed by atoms with E-state index in [4.69, 9.17) is 5.73 Å². The maximum absolute atomic E-state index is 11.8. The maximum atomic E-state index is 11.8. The van der Waals surface area contributed by atoms with Crippen molar-refractivity contribution in [1.29, 1.82) is 0 Å². The zero-order valence-corrected chi connectivity index (χ0v) is 9.74. The van der Waals surface area contributed by atoms with Gasteiger partial charge in [0.05, 0.1) is 6.33 Å². The highest BCUT2D eigenvalue weighted by Gasteiger charge is 2.22. The summed E-state index contributed by atoms with van der Waals surface area (Å²) in [6.45, 7) is 3.20.